The molecule has 2 aromatic rings. The van der Waals surface area contributed by atoms with Gasteiger partial charge in [0.15, 0.2) is 11.0 Å². The second kappa shape index (κ2) is 6.13. The van der Waals surface area contributed by atoms with E-state index < -0.39 is 5.97 Å². The van der Waals surface area contributed by atoms with E-state index in [-0.39, 0.29) is 5.75 Å². The fraction of sp³-hybridized carbons (Fsp3) is 0.300. The van der Waals surface area contributed by atoms with E-state index in [1.54, 1.807) is 6.07 Å². The Balaban J connectivity index is 2.36. The number of carboxylic acid groups (broad SMARTS) is 1. The van der Waals surface area contributed by atoms with Crippen molar-refractivity contribution in [3.8, 4) is 11.4 Å². The molecule has 2 heterocycles. The summed E-state index contributed by atoms with van der Waals surface area (Å²) in [5.74, 6) is -0.353. The van der Waals surface area contributed by atoms with Crippen LogP contribution >= 0.6 is 46.3 Å². The fourth-order valence-electron chi connectivity index (χ4n) is 1.50. The Bertz CT molecular complexity index is 612. The molecule has 0 bridgehead atoms. The molecule has 0 atom stereocenters. The average Bonchev–Trinajstić information content (AvgIpc) is 2.89. The summed E-state index contributed by atoms with van der Waals surface area (Å²) >= 11 is 14.4. The van der Waals surface area contributed by atoms with Gasteiger partial charge in [-0.05, 0) is 13.0 Å². The van der Waals surface area contributed by atoms with Crippen molar-refractivity contribution in [2.75, 3.05) is 5.75 Å². The van der Waals surface area contributed by atoms with Gasteiger partial charge in [0.25, 0.3) is 0 Å². The predicted octanol–water partition coefficient (Wildman–Crippen LogP) is 3.51. The van der Waals surface area contributed by atoms with Crippen LogP contribution < -0.4 is 0 Å². The largest absolute Gasteiger partial charge is 0.481 e. The second-order valence-electron chi connectivity index (χ2n) is 3.47. The van der Waals surface area contributed by atoms with Gasteiger partial charge in [0.05, 0.1) is 15.7 Å². The normalized spacial score (nSPS) is 10.9. The zero-order valence-corrected chi connectivity index (χ0v) is 12.9. The van der Waals surface area contributed by atoms with Crippen molar-refractivity contribution in [3.05, 3.63) is 14.7 Å². The molecule has 1 N–H and O–H groups in total. The lowest BCUT2D eigenvalue weighted by Gasteiger charge is -2.05. The number of rotatable bonds is 5. The van der Waals surface area contributed by atoms with Crippen LogP contribution in [0.3, 0.4) is 0 Å². The molecule has 0 aliphatic heterocycles. The summed E-state index contributed by atoms with van der Waals surface area (Å²) in [5.41, 5.74) is 0.716. The first kappa shape index (κ1) is 14.6. The van der Waals surface area contributed by atoms with E-state index in [0.717, 1.165) is 11.8 Å². The lowest BCUT2D eigenvalue weighted by atomic mass is 10.3. The number of hydrogen-bond donors (Lipinski definition) is 1. The predicted molar refractivity (Wildman–Crippen MR) is 77.4 cm³/mol. The number of thiophene rings is 1. The summed E-state index contributed by atoms with van der Waals surface area (Å²) in [6, 6.07) is 1.73. The Morgan fingerprint density at radius 3 is 2.79 bits per heavy atom. The smallest absolute Gasteiger partial charge is 0.313 e. The van der Waals surface area contributed by atoms with Gasteiger partial charge in [0.2, 0.25) is 0 Å². The molecule has 0 amide bonds. The number of nitrogens with zero attached hydrogens (tertiary/aromatic N) is 3. The molecule has 0 saturated heterocycles. The van der Waals surface area contributed by atoms with E-state index in [0.29, 0.717) is 31.8 Å². The van der Waals surface area contributed by atoms with Crippen molar-refractivity contribution >= 4 is 52.3 Å². The molecule has 0 aromatic carbocycles. The SMILES string of the molecule is CCn1c(SCC(=O)O)nnc1-c1cc(Cl)sc1Cl. The van der Waals surface area contributed by atoms with Gasteiger partial charge in [0, 0.05) is 6.54 Å². The third-order valence-corrected chi connectivity index (χ3v) is 4.69. The van der Waals surface area contributed by atoms with Crippen LogP contribution in [-0.4, -0.2) is 31.6 Å². The van der Waals surface area contributed by atoms with Gasteiger partial charge in [-0.25, -0.2) is 0 Å². The monoisotopic (exact) mass is 337 g/mol. The molecular formula is C10H9Cl2N3O2S2. The quantitative estimate of drug-likeness (QED) is 0.845. The van der Waals surface area contributed by atoms with Crippen LogP contribution in [0.15, 0.2) is 11.2 Å². The molecule has 2 rings (SSSR count). The van der Waals surface area contributed by atoms with Gasteiger partial charge in [-0.2, -0.15) is 0 Å². The van der Waals surface area contributed by atoms with E-state index in [1.165, 1.54) is 11.3 Å². The first-order chi connectivity index (χ1) is 9.02. The molecule has 102 valence electrons. The maximum atomic E-state index is 10.6. The van der Waals surface area contributed by atoms with Crippen molar-refractivity contribution < 1.29 is 9.90 Å². The van der Waals surface area contributed by atoms with Gasteiger partial charge in [-0.15, -0.1) is 21.5 Å². The number of thioether (sulfide) groups is 1. The molecule has 0 fully saturated rings. The molecule has 0 spiro atoms. The first-order valence-corrected chi connectivity index (χ1v) is 7.81. The molecule has 2 aromatic heterocycles. The molecule has 0 saturated carbocycles. The highest BCUT2D eigenvalue weighted by Crippen LogP contribution is 2.38. The molecule has 5 nitrogen and oxygen atoms in total. The number of carbonyl (C=O) groups is 1. The van der Waals surface area contributed by atoms with Crippen LogP contribution in [0.4, 0.5) is 0 Å². The maximum Gasteiger partial charge on any atom is 0.313 e. The van der Waals surface area contributed by atoms with E-state index in [4.69, 9.17) is 28.3 Å². The highest BCUT2D eigenvalue weighted by Gasteiger charge is 2.18. The Hall–Kier alpha value is -0.760. The first-order valence-electron chi connectivity index (χ1n) is 5.26. The summed E-state index contributed by atoms with van der Waals surface area (Å²) < 4.78 is 2.94. The lowest BCUT2D eigenvalue weighted by Crippen LogP contribution is -2.03. The Morgan fingerprint density at radius 1 is 1.53 bits per heavy atom. The molecular weight excluding hydrogens is 329 g/mol. The highest BCUT2D eigenvalue weighted by atomic mass is 35.5. The summed E-state index contributed by atoms with van der Waals surface area (Å²) in [6.45, 7) is 2.55. The lowest BCUT2D eigenvalue weighted by molar-refractivity contribution is -0.133. The minimum atomic E-state index is -0.895. The van der Waals surface area contributed by atoms with Crippen LogP contribution in [0.2, 0.25) is 8.67 Å². The minimum Gasteiger partial charge on any atom is -0.481 e. The number of hydrogen-bond acceptors (Lipinski definition) is 5. The second-order valence-corrected chi connectivity index (χ2v) is 6.70. The standard InChI is InChI=1S/C10H9Cl2N3O2S2/c1-2-15-9(5-3-6(11)19-8(5)12)13-14-10(15)18-4-7(16)17/h3H,2,4H2,1H3,(H,16,17). The van der Waals surface area contributed by atoms with E-state index in [2.05, 4.69) is 10.2 Å². The third kappa shape index (κ3) is 3.22. The number of halogens is 2. The van der Waals surface area contributed by atoms with Crippen molar-refractivity contribution in [2.24, 2.45) is 0 Å². The molecule has 0 aliphatic rings. The van der Waals surface area contributed by atoms with Gasteiger partial charge in [0.1, 0.15) is 4.34 Å². The van der Waals surface area contributed by atoms with Crippen LogP contribution in [0.25, 0.3) is 11.4 Å². The van der Waals surface area contributed by atoms with Crippen molar-refractivity contribution in [1.29, 1.82) is 0 Å². The van der Waals surface area contributed by atoms with Crippen molar-refractivity contribution in [3.63, 3.8) is 0 Å². The van der Waals surface area contributed by atoms with E-state index in [1.807, 2.05) is 11.5 Å². The Labute approximate surface area is 127 Å². The number of aliphatic carboxylic acids is 1. The van der Waals surface area contributed by atoms with Gasteiger partial charge >= 0.3 is 5.97 Å². The van der Waals surface area contributed by atoms with Crippen molar-refractivity contribution in [1.82, 2.24) is 14.8 Å². The molecule has 0 radical (unpaired) electrons. The summed E-state index contributed by atoms with van der Waals surface area (Å²) in [5, 5.41) is 17.3. The molecule has 0 unspecified atom stereocenters. The van der Waals surface area contributed by atoms with Crippen LogP contribution in [-0.2, 0) is 11.3 Å². The zero-order valence-electron chi connectivity index (χ0n) is 9.76. The third-order valence-electron chi connectivity index (χ3n) is 2.26. The van der Waals surface area contributed by atoms with Gasteiger partial charge in [-0.3, -0.25) is 4.79 Å². The zero-order chi connectivity index (χ0) is 14.0. The molecule has 9 heteroatoms. The summed E-state index contributed by atoms with van der Waals surface area (Å²) in [6.07, 6.45) is 0. The topological polar surface area (TPSA) is 68.0 Å². The summed E-state index contributed by atoms with van der Waals surface area (Å²) in [7, 11) is 0. The Kier molecular flexibility index (Phi) is 4.72. The number of aromatic nitrogens is 3. The highest BCUT2D eigenvalue weighted by molar-refractivity contribution is 7.99. The van der Waals surface area contributed by atoms with Gasteiger partial charge < -0.3 is 9.67 Å². The molecule has 0 aliphatic carbocycles. The Morgan fingerprint density at radius 2 is 2.26 bits per heavy atom. The van der Waals surface area contributed by atoms with E-state index in [9.17, 15) is 4.79 Å². The van der Waals surface area contributed by atoms with Crippen LogP contribution in [0.5, 0.6) is 0 Å². The molecule has 19 heavy (non-hydrogen) atoms. The summed E-state index contributed by atoms with van der Waals surface area (Å²) in [4.78, 5) is 10.6. The number of carboxylic acids is 1. The van der Waals surface area contributed by atoms with Crippen LogP contribution in [0.1, 0.15) is 6.92 Å². The van der Waals surface area contributed by atoms with Crippen LogP contribution in [0, 0.1) is 0 Å². The van der Waals surface area contributed by atoms with E-state index >= 15 is 0 Å². The van der Waals surface area contributed by atoms with Crippen molar-refractivity contribution in [2.45, 2.75) is 18.6 Å². The average molecular weight is 338 g/mol. The maximum absolute atomic E-state index is 10.6. The fourth-order valence-corrected chi connectivity index (χ4v) is 3.68. The van der Waals surface area contributed by atoms with Gasteiger partial charge in [-0.1, -0.05) is 35.0 Å². The minimum absolute atomic E-state index is 0.0593.